The Bertz CT molecular complexity index is 550. The molecule has 0 saturated carbocycles. The van der Waals surface area contributed by atoms with Gasteiger partial charge in [0.1, 0.15) is 5.65 Å². The molecule has 1 aliphatic rings. The van der Waals surface area contributed by atoms with Crippen LogP contribution in [-0.4, -0.2) is 39.8 Å². The first-order valence-corrected chi connectivity index (χ1v) is 6.14. The first-order valence-electron chi connectivity index (χ1n) is 6.14. The van der Waals surface area contributed by atoms with E-state index in [1.54, 1.807) is 6.20 Å². The van der Waals surface area contributed by atoms with E-state index in [-0.39, 0.29) is 13.0 Å². The van der Waals surface area contributed by atoms with Gasteiger partial charge in [0.05, 0.1) is 6.54 Å². The smallest absolute Gasteiger partial charge is 0.261 e. The predicted molar refractivity (Wildman–Crippen MR) is 64.9 cm³/mol. The van der Waals surface area contributed by atoms with Crippen LogP contribution in [0, 0.1) is 0 Å². The van der Waals surface area contributed by atoms with Crippen molar-refractivity contribution in [3.63, 3.8) is 0 Å². The predicted octanol–water partition coefficient (Wildman–Crippen LogP) is 2.22. The third-order valence-electron chi connectivity index (χ3n) is 3.43. The molecule has 3 rings (SSSR count). The molecule has 2 aromatic rings. The van der Waals surface area contributed by atoms with Crippen LogP contribution >= 0.6 is 0 Å². The molecule has 2 aromatic heterocycles. The fraction of sp³-hybridized carbons (Fsp3) is 0.462. The average Bonchev–Trinajstić information content (AvgIpc) is 2.92. The first kappa shape index (κ1) is 11.6. The van der Waals surface area contributed by atoms with Crippen molar-refractivity contribution in [1.82, 2.24) is 14.3 Å². The Labute approximate surface area is 104 Å². The third kappa shape index (κ3) is 2.36. The van der Waals surface area contributed by atoms with Gasteiger partial charge in [0.2, 0.25) is 0 Å². The van der Waals surface area contributed by atoms with Gasteiger partial charge in [0, 0.05) is 38.1 Å². The van der Waals surface area contributed by atoms with Crippen molar-refractivity contribution >= 4 is 5.65 Å². The molecular weight excluding hydrogens is 236 g/mol. The summed E-state index contributed by atoms with van der Waals surface area (Å²) in [6.45, 7) is 1.09. The third-order valence-corrected chi connectivity index (χ3v) is 3.43. The number of hydrogen-bond donors (Lipinski definition) is 0. The van der Waals surface area contributed by atoms with E-state index in [9.17, 15) is 8.78 Å². The van der Waals surface area contributed by atoms with E-state index < -0.39 is 5.92 Å². The van der Waals surface area contributed by atoms with Crippen molar-refractivity contribution in [3.8, 4) is 0 Å². The summed E-state index contributed by atoms with van der Waals surface area (Å²) in [6, 6.07) is 4.02. The average molecular weight is 251 g/mol. The van der Waals surface area contributed by atoms with Crippen molar-refractivity contribution in [2.75, 3.05) is 19.6 Å². The molecule has 3 heterocycles. The molecule has 0 aromatic carbocycles. The normalized spacial score (nSPS) is 19.7. The molecule has 0 amide bonds. The largest absolute Gasteiger partial charge is 0.307 e. The zero-order chi connectivity index (χ0) is 12.6. The van der Waals surface area contributed by atoms with E-state index in [4.69, 9.17) is 0 Å². The molecular formula is C13H15F2N3. The van der Waals surface area contributed by atoms with Gasteiger partial charge < -0.3 is 4.40 Å². The number of pyridine rings is 1. The number of alkyl halides is 2. The van der Waals surface area contributed by atoms with Crippen molar-refractivity contribution in [1.29, 1.82) is 0 Å². The van der Waals surface area contributed by atoms with E-state index in [0.717, 1.165) is 17.6 Å². The summed E-state index contributed by atoms with van der Waals surface area (Å²) in [5.41, 5.74) is 2.04. The first-order chi connectivity index (χ1) is 8.62. The SMILES string of the molecule is FC1(F)CCN(CCc2ccn3ccnc3c2)C1. The number of hydrogen-bond acceptors (Lipinski definition) is 2. The van der Waals surface area contributed by atoms with Crippen molar-refractivity contribution < 1.29 is 8.78 Å². The van der Waals surface area contributed by atoms with Gasteiger partial charge in [0.15, 0.2) is 0 Å². The number of likely N-dealkylation sites (tertiary alicyclic amines) is 1. The van der Waals surface area contributed by atoms with Crippen LogP contribution in [0.4, 0.5) is 8.78 Å². The zero-order valence-corrected chi connectivity index (χ0v) is 10.0. The van der Waals surface area contributed by atoms with Crippen LogP contribution in [0.25, 0.3) is 5.65 Å². The highest BCUT2D eigenvalue weighted by molar-refractivity contribution is 5.41. The van der Waals surface area contributed by atoms with Crippen LogP contribution in [0.3, 0.4) is 0 Å². The summed E-state index contributed by atoms with van der Waals surface area (Å²) in [4.78, 5) is 6.04. The molecule has 0 aliphatic carbocycles. The maximum absolute atomic E-state index is 13.0. The number of aromatic nitrogens is 2. The minimum absolute atomic E-state index is 0.00765. The summed E-state index contributed by atoms with van der Waals surface area (Å²) in [7, 11) is 0. The lowest BCUT2D eigenvalue weighted by molar-refractivity contribution is 0.0123. The van der Waals surface area contributed by atoms with E-state index in [2.05, 4.69) is 4.98 Å². The van der Waals surface area contributed by atoms with Crippen molar-refractivity contribution in [2.45, 2.75) is 18.8 Å². The van der Waals surface area contributed by atoms with Crippen LogP contribution in [0.1, 0.15) is 12.0 Å². The Balaban J connectivity index is 1.63. The Morgan fingerprint density at radius 2 is 2.22 bits per heavy atom. The molecule has 1 saturated heterocycles. The topological polar surface area (TPSA) is 20.5 Å². The van der Waals surface area contributed by atoms with Gasteiger partial charge in [0.25, 0.3) is 5.92 Å². The molecule has 5 heteroatoms. The monoisotopic (exact) mass is 251 g/mol. The summed E-state index contributed by atoms with van der Waals surface area (Å²) in [5.74, 6) is -2.49. The maximum Gasteiger partial charge on any atom is 0.261 e. The molecule has 0 atom stereocenters. The van der Waals surface area contributed by atoms with E-state index in [1.165, 1.54) is 0 Å². The van der Waals surface area contributed by atoms with Gasteiger partial charge in [-0.15, -0.1) is 0 Å². The molecule has 0 N–H and O–H groups in total. The van der Waals surface area contributed by atoms with Gasteiger partial charge in [-0.05, 0) is 24.1 Å². The van der Waals surface area contributed by atoms with Crippen LogP contribution in [0.15, 0.2) is 30.7 Å². The van der Waals surface area contributed by atoms with Crippen LogP contribution in [-0.2, 0) is 6.42 Å². The Morgan fingerprint density at radius 3 is 3.00 bits per heavy atom. The number of fused-ring (bicyclic) bond motifs is 1. The fourth-order valence-electron chi connectivity index (χ4n) is 2.39. The van der Waals surface area contributed by atoms with Gasteiger partial charge in [-0.1, -0.05) is 0 Å². The molecule has 96 valence electrons. The van der Waals surface area contributed by atoms with Crippen molar-refractivity contribution in [2.24, 2.45) is 0 Å². The van der Waals surface area contributed by atoms with Crippen LogP contribution in [0.5, 0.6) is 0 Å². The zero-order valence-electron chi connectivity index (χ0n) is 10.0. The quantitative estimate of drug-likeness (QED) is 0.833. The minimum atomic E-state index is -2.49. The van der Waals surface area contributed by atoms with E-state index >= 15 is 0 Å². The highest BCUT2D eigenvalue weighted by atomic mass is 19.3. The van der Waals surface area contributed by atoms with Crippen molar-refractivity contribution in [3.05, 3.63) is 36.3 Å². The molecule has 18 heavy (non-hydrogen) atoms. The lowest BCUT2D eigenvalue weighted by Gasteiger charge is -2.15. The second-order valence-corrected chi connectivity index (χ2v) is 4.86. The summed E-state index contributed by atoms with van der Waals surface area (Å²) in [5, 5.41) is 0. The molecule has 0 spiro atoms. The van der Waals surface area contributed by atoms with Gasteiger partial charge in [-0.2, -0.15) is 0 Å². The standard InChI is InChI=1S/C13H15F2N3/c14-13(15)3-7-17(10-13)5-1-11-2-6-18-8-4-16-12(18)9-11/h2,4,6,8-9H,1,3,5,7,10H2. The van der Waals surface area contributed by atoms with Gasteiger partial charge >= 0.3 is 0 Å². The fourth-order valence-corrected chi connectivity index (χ4v) is 2.39. The summed E-state index contributed by atoms with van der Waals surface area (Å²) in [6.07, 6.45) is 6.38. The van der Waals surface area contributed by atoms with Crippen LogP contribution in [0.2, 0.25) is 0 Å². The number of halogens is 2. The second kappa shape index (κ2) is 4.31. The second-order valence-electron chi connectivity index (χ2n) is 4.86. The summed E-state index contributed by atoms with van der Waals surface area (Å²) >= 11 is 0. The molecule has 1 aliphatic heterocycles. The number of rotatable bonds is 3. The Morgan fingerprint density at radius 1 is 1.33 bits per heavy atom. The number of nitrogens with zero attached hydrogens (tertiary/aromatic N) is 3. The number of imidazole rings is 1. The molecule has 3 nitrogen and oxygen atoms in total. The van der Waals surface area contributed by atoms with E-state index in [0.29, 0.717) is 13.1 Å². The Kier molecular flexibility index (Phi) is 2.78. The highest BCUT2D eigenvalue weighted by Gasteiger charge is 2.37. The molecule has 0 bridgehead atoms. The van der Waals surface area contributed by atoms with Crippen LogP contribution < -0.4 is 0 Å². The highest BCUT2D eigenvalue weighted by Crippen LogP contribution is 2.26. The molecule has 0 radical (unpaired) electrons. The van der Waals surface area contributed by atoms with Gasteiger partial charge in [-0.3, -0.25) is 4.90 Å². The maximum atomic E-state index is 13.0. The Hall–Kier alpha value is -1.49. The lowest BCUT2D eigenvalue weighted by atomic mass is 10.2. The van der Waals surface area contributed by atoms with E-state index in [1.807, 2.05) is 33.8 Å². The molecule has 1 fully saturated rings. The summed E-state index contributed by atoms with van der Waals surface area (Å²) < 4.78 is 28.0. The van der Waals surface area contributed by atoms with Gasteiger partial charge in [-0.25, -0.2) is 13.8 Å². The lowest BCUT2D eigenvalue weighted by Crippen LogP contribution is -2.27. The molecule has 0 unspecified atom stereocenters. The minimum Gasteiger partial charge on any atom is -0.307 e.